The van der Waals surface area contributed by atoms with Crippen LogP contribution in [0.25, 0.3) is 0 Å². The monoisotopic (exact) mass is 345 g/mol. The average molecular weight is 345 g/mol. The molecule has 0 bridgehead atoms. The summed E-state index contributed by atoms with van der Waals surface area (Å²) in [5.41, 5.74) is 2.00. The van der Waals surface area contributed by atoms with E-state index in [9.17, 15) is 9.00 Å². The topological polar surface area (TPSA) is 55.6 Å². The highest BCUT2D eigenvalue weighted by atomic mass is 32.2. The number of hydrogen-bond acceptors (Lipinski definition) is 4. The number of ether oxygens (including phenoxy) is 2. The first-order chi connectivity index (χ1) is 11.6. The van der Waals surface area contributed by atoms with Crippen LogP contribution in [0.3, 0.4) is 0 Å². The van der Waals surface area contributed by atoms with Gasteiger partial charge in [0.15, 0.2) is 0 Å². The molecule has 0 aromatic heterocycles. The maximum absolute atomic E-state index is 12.9. The summed E-state index contributed by atoms with van der Waals surface area (Å²) in [7, 11) is 1.52. The van der Waals surface area contributed by atoms with Crippen LogP contribution >= 0.6 is 0 Å². The van der Waals surface area contributed by atoms with Crippen molar-refractivity contribution in [3.63, 3.8) is 0 Å². The van der Waals surface area contributed by atoms with Crippen LogP contribution in [0, 0.1) is 6.92 Å². The molecule has 24 heavy (non-hydrogen) atoms. The van der Waals surface area contributed by atoms with E-state index < -0.39 is 17.0 Å². The average Bonchev–Trinajstić information content (AvgIpc) is 3.36. The summed E-state index contributed by atoms with van der Waals surface area (Å²) >= 11 is 0. The number of carbonyl (C=O) groups is 1. The highest BCUT2D eigenvalue weighted by Crippen LogP contribution is 2.46. The molecule has 1 aliphatic rings. The Morgan fingerprint density at radius 1 is 1.04 bits per heavy atom. The van der Waals surface area contributed by atoms with Crippen LogP contribution in [-0.4, -0.2) is 34.7 Å². The number of hydrogen-bond donors (Lipinski definition) is 0. The molecule has 5 nitrogen and oxygen atoms in total. The summed E-state index contributed by atoms with van der Waals surface area (Å²) < 4.78 is 24.5. The summed E-state index contributed by atoms with van der Waals surface area (Å²) in [6.45, 7) is 1.97. The van der Waals surface area contributed by atoms with Gasteiger partial charge in [0.05, 0.1) is 25.2 Å². The van der Waals surface area contributed by atoms with E-state index in [0.29, 0.717) is 4.90 Å². The van der Waals surface area contributed by atoms with E-state index >= 15 is 0 Å². The van der Waals surface area contributed by atoms with E-state index in [0.717, 1.165) is 16.9 Å². The summed E-state index contributed by atoms with van der Waals surface area (Å²) in [4.78, 5) is 12.7. The van der Waals surface area contributed by atoms with Crippen molar-refractivity contribution in [2.24, 2.45) is 0 Å². The Morgan fingerprint density at radius 3 is 2.21 bits per heavy atom. The Hall–Kier alpha value is -2.18. The number of benzene rings is 2. The molecule has 1 unspecified atom stereocenters. The molecular weight excluding hydrogens is 326 g/mol. The Morgan fingerprint density at radius 2 is 1.67 bits per heavy atom. The molecular formula is C18H19NO4S. The predicted octanol–water partition coefficient (Wildman–Crippen LogP) is 2.62. The van der Waals surface area contributed by atoms with Crippen LogP contribution in [0.1, 0.15) is 17.2 Å². The van der Waals surface area contributed by atoms with Gasteiger partial charge in [0.25, 0.3) is 0 Å². The van der Waals surface area contributed by atoms with E-state index in [1.165, 1.54) is 7.11 Å². The van der Waals surface area contributed by atoms with Crippen LogP contribution in [0.5, 0.6) is 5.75 Å². The lowest BCUT2D eigenvalue weighted by molar-refractivity contribution is -0.140. The van der Waals surface area contributed by atoms with Gasteiger partial charge in [0.1, 0.15) is 22.8 Å². The third-order valence-corrected chi connectivity index (χ3v) is 5.58. The van der Waals surface area contributed by atoms with Crippen molar-refractivity contribution >= 4 is 17.0 Å². The van der Waals surface area contributed by atoms with Gasteiger partial charge in [0, 0.05) is 0 Å². The lowest BCUT2D eigenvalue weighted by atomic mass is 10.1. The minimum atomic E-state index is -1.42. The molecule has 0 radical (unpaired) electrons. The fourth-order valence-electron chi connectivity index (χ4n) is 2.68. The molecule has 1 aliphatic heterocycles. The van der Waals surface area contributed by atoms with Crippen LogP contribution in [0.2, 0.25) is 0 Å². The Kier molecular flexibility index (Phi) is 4.69. The second kappa shape index (κ2) is 6.75. The Labute approximate surface area is 143 Å². The number of rotatable bonds is 5. The second-order valence-electron chi connectivity index (χ2n) is 5.61. The van der Waals surface area contributed by atoms with E-state index in [1.807, 2.05) is 55.5 Å². The smallest absolute Gasteiger partial charge is 0.326 e. The summed E-state index contributed by atoms with van der Waals surface area (Å²) in [6, 6.07) is 14.1. The van der Waals surface area contributed by atoms with Crippen molar-refractivity contribution in [2.75, 3.05) is 14.2 Å². The zero-order valence-electron chi connectivity index (χ0n) is 13.8. The van der Waals surface area contributed by atoms with Gasteiger partial charge < -0.3 is 9.47 Å². The fourth-order valence-corrected chi connectivity index (χ4v) is 4.09. The molecule has 2 aromatic carbocycles. The van der Waals surface area contributed by atoms with Crippen molar-refractivity contribution in [3.05, 3.63) is 59.7 Å². The quantitative estimate of drug-likeness (QED) is 0.617. The summed E-state index contributed by atoms with van der Waals surface area (Å²) in [6.07, 6.45) is 0. The minimum Gasteiger partial charge on any atom is -0.497 e. The number of methoxy groups -OCH3 is 2. The standard InChI is InChI=1S/C18H19NO4S/c1-12-4-10-15(11-5-12)24(21)19-16(17(19)18(20)23-3)13-6-8-14(22-2)9-7-13/h4-11,16-17H,1-3H3/t16-,17-,19?,24-/m0/s1. The maximum Gasteiger partial charge on any atom is 0.326 e. The van der Waals surface area contributed by atoms with Gasteiger partial charge in [0.2, 0.25) is 0 Å². The Bertz CT molecular complexity index is 758. The molecule has 0 amide bonds. The van der Waals surface area contributed by atoms with Crippen LogP contribution in [0.15, 0.2) is 53.4 Å². The molecule has 0 aliphatic carbocycles. The van der Waals surface area contributed by atoms with E-state index in [2.05, 4.69) is 0 Å². The van der Waals surface area contributed by atoms with Crippen molar-refractivity contribution in [2.45, 2.75) is 23.9 Å². The van der Waals surface area contributed by atoms with Crippen molar-refractivity contribution in [1.29, 1.82) is 0 Å². The van der Waals surface area contributed by atoms with E-state index in [-0.39, 0.29) is 12.0 Å². The number of esters is 1. The molecule has 1 saturated heterocycles. The predicted molar refractivity (Wildman–Crippen MR) is 91.0 cm³/mol. The third-order valence-electron chi connectivity index (χ3n) is 4.07. The van der Waals surface area contributed by atoms with Crippen LogP contribution < -0.4 is 4.74 Å². The van der Waals surface area contributed by atoms with Crippen LogP contribution in [0.4, 0.5) is 0 Å². The van der Waals surface area contributed by atoms with Gasteiger partial charge in [-0.1, -0.05) is 29.8 Å². The molecule has 126 valence electrons. The zero-order valence-corrected chi connectivity index (χ0v) is 14.6. The maximum atomic E-state index is 12.9. The third kappa shape index (κ3) is 3.07. The first-order valence-electron chi connectivity index (χ1n) is 7.55. The lowest BCUT2D eigenvalue weighted by Crippen LogP contribution is -2.16. The number of aryl methyl sites for hydroxylation is 1. The van der Waals surface area contributed by atoms with E-state index in [1.54, 1.807) is 11.4 Å². The first-order valence-corrected chi connectivity index (χ1v) is 8.66. The van der Waals surface area contributed by atoms with Crippen molar-refractivity contribution < 1.29 is 18.5 Å². The lowest BCUT2D eigenvalue weighted by Gasteiger charge is -2.05. The van der Waals surface area contributed by atoms with Gasteiger partial charge in [-0.25, -0.2) is 4.21 Å². The highest BCUT2D eigenvalue weighted by molar-refractivity contribution is 7.83. The van der Waals surface area contributed by atoms with Crippen molar-refractivity contribution in [1.82, 2.24) is 4.31 Å². The van der Waals surface area contributed by atoms with Crippen LogP contribution in [-0.2, 0) is 20.5 Å². The molecule has 3 rings (SSSR count). The molecule has 0 spiro atoms. The fraction of sp³-hybridized carbons (Fsp3) is 0.278. The largest absolute Gasteiger partial charge is 0.497 e. The van der Waals surface area contributed by atoms with Crippen molar-refractivity contribution in [3.8, 4) is 5.75 Å². The molecule has 4 atom stereocenters. The van der Waals surface area contributed by atoms with Gasteiger partial charge in [-0.05, 0) is 36.8 Å². The highest BCUT2D eigenvalue weighted by Gasteiger charge is 2.58. The minimum absolute atomic E-state index is 0.259. The van der Waals surface area contributed by atoms with E-state index in [4.69, 9.17) is 9.47 Å². The van der Waals surface area contributed by atoms with Gasteiger partial charge in [-0.3, -0.25) is 4.79 Å². The van der Waals surface area contributed by atoms with Gasteiger partial charge >= 0.3 is 5.97 Å². The number of nitrogens with zero attached hydrogens (tertiary/aromatic N) is 1. The summed E-state index contributed by atoms with van der Waals surface area (Å²) in [5.74, 6) is 0.358. The second-order valence-corrected chi connectivity index (χ2v) is 7.00. The van der Waals surface area contributed by atoms with Gasteiger partial charge in [-0.15, -0.1) is 0 Å². The molecule has 0 saturated carbocycles. The normalized spacial score (nSPS) is 23.4. The number of carbonyl (C=O) groups excluding carboxylic acids is 1. The zero-order chi connectivity index (χ0) is 17.3. The SMILES string of the molecule is COC(=O)[C@@H]1[C@H](c2ccc(OC)cc2)N1[S@@](=O)c1ccc(C)cc1. The summed E-state index contributed by atoms with van der Waals surface area (Å²) in [5, 5.41) is 0. The first kappa shape index (κ1) is 16.7. The molecule has 1 fully saturated rings. The molecule has 6 heteroatoms. The molecule has 2 aromatic rings. The molecule has 1 heterocycles. The van der Waals surface area contributed by atoms with Gasteiger partial charge in [-0.2, -0.15) is 4.31 Å². The molecule has 0 N–H and O–H groups in total. The Balaban J connectivity index is 1.88.